The molecule has 6 aromatic carbocycles. The summed E-state index contributed by atoms with van der Waals surface area (Å²) in [5, 5.41) is 72.7. The van der Waals surface area contributed by atoms with E-state index in [9.17, 15) is 64.2 Å². The topological polar surface area (TPSA) is 321 Å². The van der Waals surface area contributed by atoms with Gasteiger partial charge in [0, 0.05) is 61.2 Å². The summed E-state index contributed by atoms with van der Waals surface area (Å²) in [6, 6.07) is 10.9. The molecule has 6 aromatic rings. The van der Waals surface area contributed by atoms with Crippen LogP contribution in [0.15, 0.2) is 60.7 Å². The van der Waals surface area contributed by atoms with Crippen LogP contribution in [0, 0.1) is 32.6 Å². The van der Waals surface area contributed by atoms with Gasteiger partial charge >= 0.3 is 29.8 Å². The van der Waals surface area contributed by atoms with Crippen LogP contribution in [0.5, 0.6) is 34.5 Å². The zero-order valence-electron chi connectivity index (χ0n) is 45.2. The minimum Gasteiger partial charge on any atom is -0.507 e. The third-order valence-corrected chi connectivity index (χ3v) is 15.9. The number of ketones is 4. The van der Waals surface area contributed by atoms with E-state index in [4.69, 9.17) is 23.7 Å². The summed E-state index contributed by atoms with van der Waals surface area (Å²) in [5.74, 6) is -16.6. The van der Waals surface area contributed by atoms with Gasteiger partial charge in [0.05, 0.1) is 49.9 Å². The van der Waals surface area contributed by atoms with Gasteiger partial charge in [0.2, 0.25) is 0 Å². The fraction of sp³-hybridized carbons (Fsp3) is 0.262. The van der Waals surface area contributed by atoms with Gasteiger partial charge in [-0.1, -0.05) is 52.0 Å². The molecule has 20 heteroatoms. The second-order valence-electron chi connectivity index (χ2n) is 20.0. The maximum atomic E-state index is 16.0. The fourth-order valence-corrected chi connectivity index (χ4v) is 11.4. The number of carbonyl (C=O) groups excluding carboxylic acids is 9. The lowest BCUT2D eigenvalue weighted by Crippen LogP contribution is -2.45. The van der Waals surface area contributed by atoms with Crippen molar-refractivity contribution in [1.29, 1.82) is 0 Å². The highest BCUT2D eigenvalue weighted by atomic mass is 16.6. The molecule has 0 fully saturated rings. The molecule has 0 saturated carbocycles. The predicted molar refractivity (Wildman–Crippen MR) is 281 cm³/mol. The molecule has 3 aliphatic rings. The van der Waals surface area contributed by atoms with Crippen LogP contribution in [0.3, 0.4) is 0 Å². The first-order chi connectivity index (χ1) is 38.3. The molecule has 0 radical (unpaired) electrons. The Balaban J connectivity index is 1.49. The molecule has 0 amide bonds. The van der Waals surface area contributed by atoms with Crippen LogP contribution in [0.25, 0.3) is 0 Å². The molecule has 3 aliphatic carbocycles. The zero-order valence-corrected chi connectivity index (χ0v) is 45.2. The summed E-state index contributed by atoms with van der Waals surface area (Å²) in [5.41, 5.74) is -15.0. The monoisotopic (exact) mass is 1100 g/mol. The van der Waals surface area contributed by atoms with Gasteiger partial charge in [0.1, 0.15) is 51.2 Å². The molecule has 0 saturated heterocycles. The minimum absolute atomic E-state index is 0.107. The van der Waals surface area contributed by atoms with Crippen LogP contribution >= 0.6 is 0 Å². The van der Waals surface area contributed by atoms with E-state index in [2.05, 4.69) is 0 Å². The van der Waals surface area contributed by atoms with Crippen molar-refractivity contribution in [2.45, 2.75) is 72.5 Å². The Morgan fingerprint density at radius 2 is 0.815 bits per heavy atom. The molecular weight excluding hydrogens is 1050 g/mol. The van der Waals surface area contributed by atoms with E-state index in [1.54, 1.807) is 13.8 Å². The van der Waals surface area contributed by atoms with Crippen LogP contribution in [0.2, 0.25) is 0 Å². The number of phenolic OH excluding ortho intramolecular Hbond substituents is 6. The number of phenols is 6. The average Bonchev–Trinajstić information content (AvgIpc) is 3.09. The van der Waals surface area contributed by atoms with Crippen molar-refractivity contribution in [3.8, 4) is 34.5 Å². The van der Waals surface area contributed by atoms with Gasteiger partial charge < -0.3 is 54.3 Å². The lowest BCUT2D eigenvalue weighted by Gasteiger charge is -2.44. The molecule has 0 heterocycles. The van der Waals surface area contributed by atoms with Crippen LogP contribution in [-0.2, 0) is 44.5 Å². The first-order valence-electron chi connectivity index (χ1n) is 25.3. The summed E-state index contributed by atoms with van der Waals surface area (Å²) in [4.78, 5) is 130. The van der Waals surface area contributed by atoms with Crippen LogP contribution in [0.1, 0.15) is 185 Å². The standard InChI is InChI=1S/C61H52O20/c1-11-23(3)55(72)80-60(30-14-13-15-36(62)47(30)53(70)41-26(6)44(58(75)78-9)38(64)21-34(41)60)33-19-18-31-48(51(33)68)54(71)42-27(7)45(59(76)79-10)39(65)22-35(42)61(31,81-56(73)24(4)12-2)32-17-16-28-46(50(32)67)52(69)40-25(5)43(57(74)77-8)37(63)20-29(40)49(28)66/h13-24,62-65,67-68H,11-12H2,1-10H3. The molecule has 0 aromatic heterocycles. The highest BCUT2D eigenvalue weighted by Crippen LogP contribution is 2.60. The van der Waals surface area contributed by atoms with Crippen LogP contribution < -0.4 is 0 Å². The predicted octanol–water partition coefficient (Wildman–Crippen LogP) is 7.83. The Bertz CT molecular complexity index is 3920. The van der Waals surface area contributed by atoms with Crippen LogP contribution in [-0.4, -0.2) is 105 Å². The smallest absolute Gasteiger partial charge is 0.341 e. The van der Waals surface area contributed by atoms with Crippen molar-refractivity contribution in [3.63, 3.8) is 0 Å². The maximum Gasteiger partial charge on any atom is 0.341 e. The highest BCUT2D eigenvalue weighted by molar-refractivity contribution is 6.31. The highest BCUT2D eigenvalue weighted by Gasteiger charge is 2.58. The summed E-state index contributed by atoms with van der Waals surface area (Å²) in [6.45, 7) is 10.0. The summed E-state index contributed by atoms with van der Waals surface area (Å²) >= 11 is 0. The van der Waals surface area contributed by atoms with E-state index in [0.717, 1.165) is 69.9 Å². The third-order valence-electron chi connectivity index (χ3n) is 15.9. The summed E-state index contributed by atoms with van der Waals surface area (Å²) in [6.07, 6.45) is 0.262. The molecule has 0 bridgehead atoms. The number of methoxy groups -OCH3 is 3. The molecule has 0 spiro atoms. The van der Waals surface area contributed by atoms with E-state index in [1.165, 1.54) is 46.8 Å². The van der Waals surface area contributed by atoms with E-state index >= 15 is 9.59 Å². The number of hydrogen-bond donors (Lipinski definition) is 6. The average molecular weight is 1110 g/mol. The number of ether oxygens (including phenoxy) is 5. The van der Waals surface area contributed by atoms with Crippen molar-refractivity contribution in [1.82, 2.24) is 0 Å². The molecule has 0 aliphatic heterocycles. The fourth-order valence-electron chi connectivity index (χ4n) is 11.4. The van der Waals surface area contributed by atoms with E-state index in [0.29, 0.717) is 0 Å². The number of aromatic hydroxyl groups is 6. The molecule has 4 unspecified atom stereocenters. The normalized spacial score (nSPS) is 17.3. The number of fused-ring (bicyclic) bond motifs is 6. The van der Waals surface area contributed by atoms with Gasteiger partial charge in [-0.3, -0.25) is 28.8 Å². The minimum atomic E-state index is -2.85. The first-order valence-corrected chi connectivity index (χ1v) is 25.3. The van der Waals surface area contributed by atoms with Crippen molar-refractivity contribution >= 4 is 53.0 Å². The second-order valence-corrected chi connectivity index (χ2v) is 20.0. The van der Waals surface area contributed by atoms with Gasteiger partial charge in [-0.15, -0.1) is 0 Å². The Morgan fingerprint density at radius 3 is 1.27 bits per heavy atom. The van der Waals surface area contributed by atoms with Gasteiger partial charge in [-0.2, -0.15) is 0 Å². The number of hydrogen-bond acceptors (Lipinski definition) is 20. The Hall–Kier alpha value is -9.85. The number of esters is 5. The first kappa shape index (κ1) is 55.9. The molecule has 81 heavy (non-hydrogen) atoms. The van der Waals surface area contributed by atoms with Gasteiger partial charge in [0.15, 0.2) is 34.3 Å². The number of rotatable bonds is 11. The number of carbonyl (C=O) groups is 9. The molecular formula is C61H52O20. The molecule has 9 rings (SSSR count). The van der Waals surface area contributed by atoms with E-state index in [-0.39, 0.29) is 46.2 Å². The van der Waals surface area contributed by atoms with Crippen molar-refractivity contribution in [2.24, 2.45) is 11.8 Å². The number of benzene rings is 6. The van der Waals surface area contributed by atoms with E-state index < -0.39 is 188 Å². The van der Waals surface area contributed by atoms with Crippen molar-refractivity contribution < 1.29 is 97.5 Å². The SMILES string of the molecule is CCC(C)C(=O)OC1(c2ccc3c(c2O)C(=O)c2c(cc(O)c(C(=O)OC)c2C)C3(OC(=O)C(C)CC)c2ccc3c(c2O)C(=O)c2c(cc(O)c(C(=O)OC)c2C)C3=O)c2cccc(O)c2C(=O)c2c1cc(O)c(C(=O)OC)c2C. The van der Waals surface area contributed by atoms with Gasteiger partial charge in [0.25, 0.3) is 0 Å². The molecule has 6 N–H and O–H groups in total. The van der Waals surface area contributed by atoms with E-state index in [1.807, 2.05) is 0 Å². The van der Waals surface area contributed by atoms with Gasteiger partial charge in [-0.05, 0) is 86.7 Å². The van der Waals surface area contributed by atoms with Crippen molar-refractivity contribution in [2.75, 3.05) is 21.3 Å². The quantitative estimate of drug-likeness (QED) is 0.0531. The molecule has 20 nitrogen and oxygen atoms in total. The Morgan fingerprint density at radius 1 is 0.432 bits per heavy atom. The maximum absolute atomic E-state index is 16.0. The van der Waals surface area contributed by atoms with Crippen LogP contribution in [0.4, 0.5) is 0 Å². The van der Waals surface area contributed by atoms with Crippen molar-refractivity contribution in [3.05, 3.63) is 172 Å². The summed E-state index contributed by atoms with van der Waals surface area (Å²) in [7, 11) is 3.03. The second kappa shape index (κ2) is 19.8. The van der Waals surface area contributed by atoms with Gasteiger partial charge in [-0.25, -0.2) is 14.4 Å². The lowest BCUT2D eigenvalue weighted by atomic mass is 9.64. The molecule has 4 atom stereocenters. The lowest BCUT2D eigenvalue weighted by molar-refractivity contribution is -0.159. The largest absolute Gasteiger partial charge is 0.507 e. The Kier molecular flexibility index (Phi) is 13.7. The Labute approximate surface area is 461 Å². The molecule has 416 valence electrons. The third kappa shape index (κ3) is 7.67. The summed E-state index contributed by atoms with van der Waals surface area (Å²) < 4.78 is 28.0. The zero-order chi connectivity index (χ0) is 59.4.